The van der Waals surface area contributed by atoms with E-state index in [1.165, 1.54) is 13.2 Å². The molecular formula is C12H12O4. The maximum atomic E-state index is 10.6. The highest BCUT2D eigenvalue weighted by molar-refractivity contribution is 5.84. The molecule has 0 aromatic heterocycles. The number of benzene rings is 1. The molecule has 0 saturated carbocycles. The Morgan fingerprint density at radius 1 is 1.44 bits per heavy atom. The van der Waals surface area contributed by atoms with E-state index in [2.05, 4.69) is 4.74 Å². The maximum Gasteiger partial charge on any atom is 0.371 e. The molecular weight excluding hydrogens is 208 g/mol. The van der Waals surface area contributed by atoms with Crippen LogP contribution in [0.25, 0.3) is 6.08 Å². The first-order valence-corrected chi connectivity index (χ1v) is 4.58. The molecule has 0 fully saturated rings. The summed E-state index contributed by atoms with van der Waals surface area (Å²) in [6, 6.07) is 6.62. The molecule has 0 aliphatic carbocycles. The first kappa shape index (κ1) is 11.8. The molecule has 1 rings (SSSR count). The minimum Gasteiger partial charge on any atom is -0.508 e. The molecule has 0 unspecified atom stereocenters. The van der Waals surface area contributed by atoms with E-state index in [0.29, 0.717) is 0 Å². The van der Waals surface area contributed by atoms with Gasteiger partial charge >= 0.3 is 5.97 Å². The van der Waals surface area contributed by atoms with Crippen molar-refractivity contribution in [3.8, 4) is 5.75 Å². The molecule has 4 nitrogen and oxygen atoms in total. The molecule has 1 aromatic rings. The third-order valence-electron chi connectivity index (χ3n) is 1.84. The summed E-state index contributed by atoms with van der Waals surface area (Å²) in [4.78, 5) is 10.6. The lowest BCUT2D eigenvalue weighted by Crippen LogP contribution is -2.01. The van der Waals surface area contributed by atoms with E-state index in [9.17, 15) is 9.90 Å². The van der Waals surface area contributed by atoms with Crippen molar-refractivity contribution in [1.82, 2.24) is 0 Å². The number of phenolic OH excluding ortho intramolecular Hbond substituents is 1. The van der Waals surface area contributed by atoms with E-state index in [0.717, 1.165) is 5.56 Å². The second-order valence-corrected chi connectivity index (χ2v) is 2.99. The number of carbonyl (C=O) groups is 1. The number of hydrogen-bond donors (Lipinski definition) is 2. The van der Waals surface area contributed by atoms with Gasteiger partial charge in [-0.3, -0.25) is 0 Å². The Hall–Kier alpha value is -2.23. The molecule has 16 heavy (non-hydrogen) atoms. The van der Waals surface area contributed by atoms with Gasteiger partial charge in [0, 0.05) is 0 Å². The summed E-state index contributed by atoms with van der Waals surface area (Å²) >= 11 is 0. The predicted molar refractivity (Wildman–Crippen MR) is 59.9 cm³/mol. The summed E-state index contributed by atoms with van der Waals surface area (Å²) in [6.07, 6.45) is 4.55. The molecule has 1 aromatic carbocycles. The first-order chi connectivity index (χ1) is 7.63. The molecule has 0 spiro atoms. The zero-order valence-electron chi connectivity index (χ0n) is 8.75. The van der Waals surface area contributed by atoms with Gasteiger partial charge in [0.15, 0.2) is 0 Å². The smallest absolute Gasteiger partial charge is 0.371 e. The Morgan fingerprint density at radius 2 is 2.19 bits per heavy atom. The van der Waals surface area contributed by atoms with Gasteiger partial charge in [-0.1, -0.05) is 24.3 Å². The number of rotatable bonds is 4. The van der Waals surface area contributed by atoms with Gasteiger partial charge in [-0.05, 0) is 23.8 Å². The van der Waals surface area contributed by atoms with Crippen LogP contribution in [0.15, 0.2) is 42.2 Å². The normalized spacial score (nSPS) is 11.7. The molecule has 0 heterocycles. The lowest BCUT2D eigenvalue weighted by Gasteiger charge is -1.97. The van der Waals surface area contributed by atoms with Crippen molar-refractivity contribution in [2.24, 2.45) is 0 Å². The van der Waals surface area contributed by atoms with Crippen molar-refractivity contribution in [3.05, 3.63) is 47.7 Å². The summed E-state index contributed by atoms with van der Waals surface area (Å²) in [5.41, 5.74) is 0.775. The minimum absolute atomic E-state index is 0.142. The molecule has 0 saturated heterocycles. The van der Waals surface area contributed by atoms with Gasteiger partial charge in [0.05, 0.1) is 7.11 Å². The van der Waals surface area contributed by atoms with Gasteiger partial charge in [0.2, 0.25) is 5.76 Å². The van der Waals surface area contributed by atoms with Crippen molar-refractivity contribution < 1.29 is 19.7 Å². The van der Waals surface area contributed by atoms with E-state index in [1.54, 1.807) is 36.4 Å². The van der Waals surface area contributed by atoms with Gasteiger partial charge < -0.3 is 14.9 Å². The Labute approximate surface area is 93.1 Å². The number of aromatic hydroxyl groups is 1. The fourth-order valence-corrected chi connectivity index (χ4v) is 1.10. The Kier molecular flexibility index (Phi) is 4.15. The third kappa shape index (κ3) is 3.49. The molecule has 0 aliphatic heterocycles. The Balaban J connectivity index is 2.78. The van der Waals surface area contributed by atoms with Crippen molar-refractivity contribution in [3.63, 3.8) is 0 Å². The van der Waals surface area contributed by atoms with Gasteiger partial charge in [0.25, 0.3) is 0 Å². The van der Waals surface area contributed by atoms with E-state index in [1.807, 2.05) is 0 Å². The maximum absolute atomic E-state index is 10.6. The molecule has 84 valence electrons. The summed E-state index contributed by atoms with van der Waals surface area (Å²) in [5.74, 6) is -1.10. The van der Waals surface area contributed by atoms with E-state index < -0.39 is 5.97 Å². The SMILES string of the molecule is CO/C(=C/C=C/c1cccc(O)c1)C(=O)O. The zero-order chi connectivity index (χ0) is 12.0. The van der Waals surface area contributed by atoms with Crippen molar-refractivity contribution in [2.75, 3.05) is 7.11 Å². The van der Waals surface area contributed by atoms with Gasteiger partial charge in [-0.2, -0.15) is 0 Å². The van der Waals surface area contributed by atoms with Crippen LogP contribution in [0, 0.1) is 0 Å². The summed E-state index contributed by atoms with van der Waals surface area (Å²) in [7, 11) is 1.29. The highest BCUT2D eigenvalue weighted by Crippen LogP contribution is 2.12. The number of allylic oxidation sites excluding steroid dienone is 2. The third-order valence-corrected chi connectivity index (χ3v) is 1.84. The number of carboxylic acids is 1. The lowest BCUT2D eigenvalue weighted by molar-refractivity contribution is -0.136. The van der Waals surface area contributed by atoms with Crippen LogP contribution in [0.3, 0.4) is 0 Å². The molecule has 0 radical (unpaired) electrons. The number of ether oxygens (including phenoxy) is 1. The van der Waals surface area contributed by atoms with Crippen LogP contribution in [-0.4, -0.2) is 23.3 Å². The van der Waals surface area contributed by atoms with Crippen LogP contribution >= 0.6 is 0 Å². The molecule has 0 bridgehead atoms. The minimum atomic E-state index is -1.12. The number of aliphatic carboxylic acids is 1. The predicted octanol–water partition coefficient (Wildman–Crippen LogP) is 2.02. The van der Waals surface area contributed by atoms with E-state index in [4.69, 9.17) is 5.11 Å². The van der Waals surface area contributed by atoms with Gasteiger partial charge in [0.1, 0.15) is 5.75 Å². The second-order valence-electron chi connectivity index (χ2n) is 2.99. The van der Waals surface area contributed by atoms with Crippen LogP contribution in [0.2, 0.25) is 0 Å². The summed E-state index contributed by atoms with van der Waals surface area (Å²) in [5, 5.41) is 17.8. The summed E-state index contributed by atoms with van der Waals surface area (Å²) < 4.78 is 4.63. The first-order valence-electron chi connectivity index (χ1n) is 4.58. The topological polar surface area (TPSA) is 66.8 Å². The average molecular weight is 220 g/mol. The Morgan fingerprint density at radius 3 is 2.75 bits per heavy atom. The average Bonchev–Trinajstić information content (AvgIpc) is 2.24. The molecule has 2 N–H and O–H groups in total. The second kappa shape index (κ2) is 5.60. The molecule has 0 aliphatic rings. The molecule has 0 amide bonds. The van der Waals surface area contributed by atoms with Crippen molar-refractivity contribution in [2.45, 2.75) is 0 Å². The van der Waals surface area contributed by atoms with Crippen molar-refractivity contribution in [1.29, 1.82) is 0 Å². The van der Waals surface area contributed by atoms with Crippen molar-refractivity contribution >= 4 is 12.0 Å². The van der Waals surface area contributed by atoms with Crippen LogP contribution in [0.4, 0.5) is 0 Å². The lowest BCUT2D eigenvalue weighted by atomic mass is 10.2. The molecule has 4 heteroatoms. The molecule has 0 atom stereocenters. The summed E-state index contributed by atoms with van der Waals surface area (Å²) in [6.45, 7) is 0. The van der Waals surface area contributed by atoms with Crippen LogP contribution < -0.4 is 0 Å². The number of carboxylic acid groups (broad SMARTS) is 1. The fourth-order valence-electron chi connectivity index (χ4n) is 1.10. The highest BCUT2D eigenvalue weighted by atomic mass is 16.5. The number of methoxy groups -OCH3 is 1. The largest absolute Gasteiger partial charge is 0.508 e. The zero-order valence-corrected chi connectivity index (χ0v) is 8.75. The van der Waals surface area contributed by atoms with Crippen LogP contribution in [0.5, 0.6) is 5.75 Å². The number of phenols is 1. The highest BCUT2D eigenvalue weighted by Gasteiger charge is 2.03. The van der Waals surface area contributed by atoms with Crippen LogP contribution in [-0.2, 0) is 9.53 Å². The standard InChI is InChI=1S/C12H12O4/c1-16-11(12(14)15)7-3-5-9-4-2-6-10(13)8-9/h2-8,13H,1H3,(H,14,15)/b5-3+,11-7+. The number of hydrogen-bond acceptors (Lipinski definition) is 3. The Bertz CT molecular complexity index is 432. The monoisotopic (exact) mass is 220 g/mol. The van der Waals surface area contributed by atoms with E-state index >= 15 is 0 Å². The fraction of sp³-hybridized carbons (Fsp3) is 0.0833. The quantitative estimate of drug-likeness (QED) is 0.463. The van der Waals surface area contributed by atoms with E-state index in [-0.39, 0.29) is 11.5 Å². The van der Waals surface area contributed by atoms with Gasteiger partial charge in [-0.15, -0.1) is 0 Å². The van der Waals surface area contributed by atoms with Crippen LogP contribution in [0.1, 0.15) is 5.56 Å². The van der Waals surface area contributed by atoms with Gasteiger partial charge in [-0.25, -0.2) is 4.79 Å².